The quantitative estimate of drug-likeness (QED) is 0.452. The second-order valence-electron chi connectivity index (χ2n) is 9.81. The topological polar surface area (TPSA) is 76.5 Å². The van der Waals surface area contributed by atoms with E-state index < -0.39 is 5.67 Å². The number of nitrogen functional groups attached to an aromatic ring is 1. The van der Waals surface area contributed by atoms with E-state index in [4.69, 9.17) is 10.7 Å². The Balaban J connectivity index is 1.39. The molecule has 2 aromatic carbocycles. The molecule has 35 heavy (non-hydrogen) atoms. The van der Waals surface area contributed by atoms with Gasteiger partial charge in [0.15, 0.2) is 5.67 Å². The van der Waals surface area contributed by atoms with Gasteiger partial charge in [0.05, 0.1) is 0 Å². The number of hydrogen-bond acceptors (Lipinski definition) is 4. The maximum atomic E-state index is 15.7. The highest BCUT2D eigenvalue weighted by Crippen LogP contribution is 2.39. The highest BCUT2D eigenvalue weighted by molar-refractivity contribution is 5.85. The van der Waals surface area contributed by atoms with E-state index >= 15 is 4.39 Å². The first-order chi connectivity index (χ1) is 16.9. The second-order valence-corrected chi connectivity index (χ2v) is 9.81. The number of piperidine rings is 1. The largest absolute Gasteiger partial charge is 0.382 e. The first kappa shape index (κ1) is 21.8. The Morgan fingerprint density at radius 2 is 1.77 bits per heavy atom. The third kappa shape index (κ3) is 3.57. The lowest BCUT2D eigenvalue weighted by Crippen LogP contribution is -2.41. The summed E-state index contributed by atoms with van der Waals surface area (Å²) >= 11 is 0. The average Bonchev–Trinajstić information content (AvgIpc) is 3.46. The van der Waals surface area contributed by atoms with Crippen molar-refractivity contribution in [2.75, 3.05) is 12.3 Å². The Hall–Kier alpha value is -3.74. The molecule has 2 aliphatic rings. The van der Waals surface area contributed by atoms with Gasteiger partial charge in [0.1, 0.15) is 22.9 Å². The van der Waals surface area contributed by atoms with E-state index in [9.17, 15) is 4.79 Å². The summed E-state index contributed by atoms with van der Waals surface area (Å²) in [7, 11) is 0. The molecule has 0 saturated carbocycles. The van der Waals surface area contributed by atoms with Crippen LogP contribution in [0.15, 0.2) is 67.0 Å². The van der Waals surface area contributed by atoms with Crippen molar-refractivity contribution in [2.24, 2.45) is 0 Å². The minimum absolute atomic E-state index is 0.128. The van der Waals surface area contributed by atoms with Gasteiger partial charge in [0.2, 0.25) is 5.91 Å². The number of rotatable bonds is 4. The van der Waals surface area contributed by atoms with Crippen LogP contribution in [0.5, 0.6) is 0 Å². The number of anilines is 1. The van der Waals surface area contributed by atoms with Crippen molar-refractivity contribution < 1.29 is 9.18 Å². The second kappa shape index (κ2) is 8.18. The van der Waals surface area contributed by atoms with Crippen molar-refractivity contribution in [1.29, 1.82) is 0 Å². The van der Waals surface area contributed by atoms with E-state index in [1.165, 1.54) is 0 Å². The van der Waals surface area contributed by atoms with Crippen LogP contribution in [0.1, 0.15) is 55.5 Å². The number of carbonyl (C=O) groups is 1. The Morgan fingerprint density at radius 1 is 1.03 bits per heavy atom. The summed E-state index contributed by atoms with van der Waals surface area (Å²) in [5, 5.41) is 0. The van der Waals surface area contributed by atoms with Gasteiger partial charge in [0, 0.05) is 42.9 Å². The number of nitrogens with two attached hydrogens (primary N) is 1. The van der Waals surface area contributed by atoms with Crippen molar-refractivity contribution in [3.05, 3.63) is 83.9 Å². The van der Waals surface area contributed by atoms with Crippen molar-refractivity contribution in [3.8, 4) is 11.3 Å². The minimum atomic E-state index is -1.61. The molecule has 6 rings (SSSR count). The fourth-order valence-corrected chi connectivity index (χ4v) is 5.71. The summed E-state index contributed by atoms with van der Waals surface area (Å²) in [6.07, 6.45) is 7.14. The first-order valence-corrected chi connectivity index (χ1v) is 12.2. The summed E-state index contributed by atoms with van der Waals surface area (Å²) in [6, 6.07) is 17.0. The van der Waals surface area contributed by atoms with E-state index in [2.05, 4.69) is 4.98 Å². The van der Waals surface area contributed by atoms with Gasteiger partial charge in [-0.1, -0.05) is 54.6 Å². The monoisotopic (exact) mass is 469 g/mol. The zero-order chi connectivity index (χ0) is 24.2. The number of nitrogens with zero attached hydrogens (tertiary/aromatic N) is 4. The fraction of sp³-hybridized carbons (Fsp3) is 0.321. The van der Waals surface area contributed by atoms with E-state index in [-0.39, 0.29) is 11.8 Å². The fourth-order valence-electron chi connectivity index (χ4n) is 5.71. The number of amides is 1. The number of carbonyl (C=O) groups excluding carboxylic acids is 1. The summed E-state index contributed by atoms with van der Waals surface area (Å²) < 4.78 is 17.7. The third-order valence-corrected chi connectivity index (χ3v) is 7.71. The zero-order valence-electron chi connectivity index (χ0n) is 19.7. The first-order valence-electron chi connectivity index (χ1n) is 12.2. The molecule has 4 aromatic rings. The van der Waals surface area contributed by atoms with Gasteiger partial charge >= 0.3 is 0 Å². The molecule has 2 aliphatic heterocycles. The molecule has 0 aliphatic carbocycles. The van der Waals surface area contributed by atoms with Crippen LogP contribution in [0.2, 0.25) is 0 Å². The number of hydrogen-bond donors (Lipinski definition) is 1. The number of imidazole rings is 1. The predicted molar refractivity (Wildman–Crippen MR) is 134 cm³/mol. The molecular weight excluding hydrogens is 441 g/mol. The van der Waals surface area contributed by atoms with Gasteiger partial charge in [-0.25, -0.2) is 14.4 Å². The Bertz CT molecular complexity index is 1400. The van der Waals surface area contributed by atoms with E-state index in [0.717, 1.165) is 41.9 Å². The lowest BCUT2D eigenvalue weighted by Gasteiger charge is -2.34. The van der Waals surface area contributed by atoms with Gasteiger partial charge in [-0.05, 0) is 37.3 Å². The molecule has 2 fully saturated rings. The summed E-state index contributed by atoms with van der Waals surface area (Å²) in [5.74, 6) is 1.66. The van der Waals surface area contributed by atoms with Crippen LogP contribution in [0, 0.1) is 0 Å². The van der Waals surface area contributed by atoms with Crippen LogP contribution in [0.4, 0.5) is 10.2 Å². The summed E-state index contributed by atoms with van der Waals surface area (Å²) in [4.78, 5) is 23.8. The SMILES string of the molecule is CC(F)(c1ccccc1)c1ccc(-c2nc([C@@H]3CC[C@H]4CCC(=O)N4C3)n3ccnc(N)c23)cc1. The summed E-state index contributed by atoms with van der Waals surface area (Å²) in [6.45, 7) is 2.26. The van der Waals surface area contributed by atoms with Gasteiger partial charge in [-0.2, -0.15) is 0 Å². The predicted octanol–water partition coefficient (Wildman–Crippen LogP) is 5.08. The maximum absolute atomic E-state index is 15.7. The van der Waals surface area contributed by atoms with Crippen molar-refractivity contribution in [1.82, 2.24) is 19.3 Å². The molecule has 0 bridgehead atoms. The molecular formula is C28H28FN5O. The number of benzene rings is 2. The van der Waals surface area contributed by atoms with Gasteiger partial charge < -0.3 is 10.6 Å². The minimum Gasteiger partial charge on any atom is -0.382 e. The number of fused-ring (bicyclic) bond motifs is 2. The molecule has 2 aromatic heterocycles. The molecule has 1 amide bonds. The maximum Gasteiger partial charge on any atom is 0.222 e. The van der Waals surface area contributed by atoms with E-state index in [1.54, 1.807) is 25.3 Å². The summed E-state index contributed by atoms with van der Waals surface area (Å²) in [5.41, 5.74) is 8.24. The Kier molecular flexibility index (Phi) is 5.09. The Morgan fingerprint density at radius 3 is 2.54 bits per heavy atom. The molecule has 0 radical (unpaired) electrons. The number of halogens is 1. The molecule has 1 unspecified atom stereocenters. The van der Waals surface area contributed by atoms with Crippen molar-refractivity contribution in [2.45, 2.75) is 50.2 Å². The van der Waals surface area contributed by atoms with E-state index in [1.807, 2.05) is 58.0 Å². The van der Waals surface area contributed by atoms with Crippen LogP contribution in [-0.4, -0.2) is 37.8 Å². The molecule has 7 heteroatoms. The smallest absolute Gasteiger partial charge is 0.222 e. The lowest BCUT2D eigenvalue weighted by molar-refractivity contribution is -0.130. The average molecular weight is 470 g/mol. The molecule has 2 saturated heterocycles. The van der Waals surface area contributed by atoms with Crippen LogP contribution in [0.25, 0.3) is 16.8 Å². The van der Waals surface area contributed by atoms with Crippen molar-refractivity contribution >= 4 is 17.2 Å². The molecule has 178 valence electrons. The number of aromatic nitrogens is 3. The van der Waals surface area contributed by atoms with Gasteiger partial charge in [-0.3, -0.25) is 9.20 Å². The van der Waals surface area contributed by atoms with E-state index in [0.29, 0.717) is 36.0 Å². The molecule has 2 N–H and O–H groups in total. The van der Waals surface area contributed by atoms with Crippen LogP contribution < -0.4 is 5.73 Å². The highest BCUT2D eigenvalue weighted by Gasteiger charge is 2.38. The molecule has 3 atom stereocenters. The van der Waals surface area contributed by atoms with Crippen molar-refractivity contribution in [3.63, 3.8) is 0 Å². The molecule has 4 heterocycles. The third-order valence-electron chi connectivity index (χ3n) is 7.71. The van der Waals surface area contributed by atoms with Gasteiger partial charge in [0.25, 0.3) is 0 Å². The normalized spacial score (nSPS) is 21.8. The number of alkyl halides is 1. The van der Waals surface area contributed by atoms with Crippen LogP contribution >= 0.6 is 0 Å². The molecule has 6 nitrogen and oxygen atoms in total. The molecule has 0 spiro atoms. The standard InChI is InChI=1S/C28H28FN5O/c1-28(29,20-5-3-2-4-6-20)21-10-7-18(8-11-21)24-25-26(30)31-15-16-33(25)27(32-24)19-9-12-22-13-14-23(35)34(22)17-19/h2-8,10-11,15-16,19,22H,9,12-14,17H2,1H3,(H2,30,31)/t19-,22+,28?/m1/s1. The van der Waals surface area contributed by atoms with Crippen LogP contribution in [-0.2, 0) is 10.5 Å². The zero-order valence-corrected chi connectivity index (χ0v) is 19.7. The van der Waals surface area contributed by atoms with Gasteiger partial charge in [-0.15, -0.1) is 0 Å². The highest BCUT2D eigenvalue weighted by atomic mass is 19.1. The lowest BCUT2D eigenvalue weighted by atomic mass is 9.89. The van der Waals surface area contributed by atoms with Crippen LogP contribution in [0.3, 0.4) is 0 Å². The Labute approximate surface area is 203 Å².